The molecule has 0 saturated heterocycles. The summed E-state index contributed by atoms with van der Waals surface area (Å²) >= 11 is 0. The van der Waals surface area contributed by atoms with Crippen molar-refractivity contribution in [2.75, 3.05) is 40.9 Å². The van der Waals surface area contributed by atoms with E-state index in [1.807, 2.05) is 97.9 Å². The predicted octanol–water partition coefficient (Wildman–Crippen LogP) is 11.0. The summed E-state index contributed by atoms with van der Waals surface area (Å²) in [6.45, 7) is 11.2. The van der Waals surface area contributed by atoms with E-state index in [-0.39, 0.29) is 31.5 Å². The van der Waals surface area contributed by atoms with Gasteiger partial charge >= 0.3 is 0 Å². The minimum atomic E-state index is -0.155. The molecule has 1 amide bonds. The number of methoxy groups -OCH3 is 2. The van der Waals surface area contributed by atoms with Crippen LogP contribution in [0.1, 0.15) is 81.8 Å². The largest absolute Gasteiger partial charge is 0.493 e. The average molecular weight is 903 g/mol. The maximum atomic E-state index is 12.4. The van der Waals surface area contributed by atoms with Crippen LogP contribution in [0.25, 0.3) is 12.2 Å². The molecule has 9 rings (SSSR count). The minimum Gasteiger partial charge on any atom is -0.493 e. The molecule has 6 aromatic rings. The van der Waals surface area contributed by atoms with E-state index in [4.69, 9.17) is 37.9 Å². The van der Waals surface area contributed by atoms with Gasteiger partial charge in [0.25, 0.3) is 0 Å². The van der Waals surface area contributed by atoms with Gasteiger partial charge < -0.3 is 48.5 Å². The number of hydrogen-bond acceptors (Lipinski definition) is 10. The smallest absolute Gasteiger partial charge is 0.244 e. The van der Waals surface area contributed by atoms with Crippen LogP contribution in [0, 0.1) is 13.8 Å². The second kappa shape index (κ2) is 21.7. The normalized spacial score (nSPS) is 15.9. The molecule has 0 bridgehead atoms. The third kappa shape index (κ3) is 11.4. The van der Waals surface area contributed by atoms with E-state index >= 15 is 0 Å². The van der Waals surface area contributed by atoms with Gasteiger partial charge in [-0.2, -0.15) is 0 Å². The van der Waals surface area contributed by atoms with E-state index in [0.717, 1.165) is 80.0 Å². The fourth-order valence-electron chi connectivity index (χ4n) is 8.18. The Hall–Kier alpha value is -7.37. The van der Waals surface area contributed by atoms with Crippen molar-refractivity contribution in [1.82, 2.24) is 10.6 Å². The van der Waals surface area contributed by atoms with Crippen LogP contribution in [-0.4, -0.2) is 46.8 Å². The lowest BCUT2D eigenvalue weighted by Crippen LogP contribution is -2.31. The Kier molecular flexibility index (Phi) is 15.0. The SMILES string of the molecule is COc1cc2c(cc1OCc1ccccc1)C(C)CNC2/C=C/c1cc2c(cc1C)OCO2.COc1ccc(C(C)CNC(=O)/C=C/c2ccc3c(c2C)OCO3)cc1OCc1ccccc1. The molecule has 3 aliphatic heterocycles. The number of rotatable bonds is 15. The number of fused-ring (bicyclic) bond motifs is 3. The number of ether oxygens (including phenoxy) is 8. The zero-order valence-electron chi connectivity index (χ0n) is 38.9. The number of carbonyl (C=O) groups excluding carboxylic acids is 1. The highest BCUT2D eigenvalue weighted by molar-refractivity contribution is 5.92. The molecule has 0 aromatic heterocycles. The summed E-state index contributed by atoms with van der Waals surface area (Å²) in [5.41, 5.74) is 9.92. The lowest BCUT2D eigenvalue weighted by Gasteiger charge is -2.30. The molecule has 2 N–H and O–H groups in total. The van der Waals surface area contributed by atoms with Crippen LogP contribution in [0.4, 0.5) is 0 Å². The molecule has 0 fully saturated rings. The van der Waals surface area contributed by atoms with Crippen LogP contribution >= 0.6 is 0 Å². The van der Waals surface area contributed by atoms with E-state index in [2.05, 4.69) is 67.8 Å². The van der Waals surface area contributed by atoms with Crippen LogP contribution in [-0.2, 0) is 18.0 Å². The van der Waals surface area contributed by atoms with E-state index in [1.165, 1.54) is 11.1 Å². The van der Waals surface area contributed by atoms with Gasteiger partial charge in [0.2, 0.25) is 19.5 Å². The highest BCUT2D eigenvalue weighted by Gasteiger charge is 2.26. The Morgan fingerprint density at radius 1 is 0.701 bits per heavy atom. The first-order chi connectivity index (χ1) is 32.7. The summed E-state index contributed by atoms with van der Waals surface area (Å²) in [6, 6.07) is 38.2. The fourth-order valence-corrected chi connectivity index (χ4v) is 8.18. The van der Waals surface area contributed by atoms with Crippen molar-refractivity contribution in [2.24, 2.45) is 0 Å². The lowest BCUT2D eigenvalue weighted by atomic mass is 9.86. The maximum Gasteiger partial charge on any atom is 0.244 e. The molecule has 0 spiro atoms. The Bertz CT molecular complexity index is 2720. The van der Waals surface area contributed by atoms with Gasteiger partial charge in [0.15, 0.2) is 46.0 Å². The third-order valence-electron chi connectivity index (χ3n) is 12.2. The number of benzene rings is 6. The first kappa shape index (κ1) is 46.2. The molecule has 11 nitrogen and oxygen atoms in total. The molecule has 3 heterocycles. The molecule has 11 heteroatoms. The topological polar surface area (TPSA) is 115 Å². The number of hydrogen-bond donors (Lipinski definition) is 2. The molecule has 0 radical (unpaired) electrons. The van der Waals surface area contributed by atoms with Gasteiger partial charge in [-0.1, -0.05) is 98.8 Å². The molecule has 346 valence electrons. The van der Waals surface area contributed by atoms with Crippen molar-refractivity contribution in [3.05, 3.63) is 177 Å². The van der Waals surface area contributed by atoms with Gasteiger partial charge in [0.05, 0.1) is 20.3 Å². The summed E-state index contributed by atoms with van der Waals surface area (Å²) in [6.07, 6.45) is 7.69. The first-order valence-corrected chi connectivity index (χ1v) is 22.6. The van der Waals surface area contributed by atoms with Crippen molar-refractivity contribution in [3.63, 3.8) is 0 Å². The van der Waals surface area contributed by atoms with Crippen LogP contribution in [0.3, 0.4) is 0 Å². The highest BCUT2D eigenvalue weighted by atomic mass is 16.7. The summed E-state index contributed by atoms with van der Waals surface area (Å²) in [5, 5.41) is 6.63. The molecular formula is C56H58N2O9. The maximum absolute atomic E-state index is 12.4. The summed E-state index contributed by atoms with van der Waals surface area (Å²) in [5.74, 6) is 6.29. The second-order valence-corrected chi connectivity index (χ2v) is 16.8. The van der Waals surface area contributed by atoms with Crippen LogP contribution < -0.4 is 48.5 Å². The van der Waals surface area contributed by atoms with Gasteiger partial charge in [-0.25, -0.2) is 0 Å². The van der Waals surface area contributed by atoms with Gasteiger partial charge in [-0.3, -0.25) is 4.79 Å². The molecular weight excluding hydrogens is 845 g/mol. The van der Waals surface area contributed by atoms with Crippen molar-refractivity contribution in [2.45, 2.75) is 58.8 Å². The van der Waals surface area contributed by atoms with Crippen molar-refractivity contribution < 1.29 is 42.7 Å². The van der Waals surface area contributed by atoms with Gasteiger partial charge in [-0.05, 0) is 119 Å². The Morgan fingerprint density at radius 2 is 1.34 bits per heavy atom. The summed E-state index contributed by atoms with van der Waals surface area (Å²) in [4.78, 5) is 12.4. The van der Waals surface area contributed by atoms with Gasteiger partial charge in [0.1, 0.15) is 13.2 Å². The molecule has 3 atom stereocenters. The molecule has 67 heavy (non-hydrogen) atoms. The standard InChI is InChI=1S/C28H29NO5.C28H29NO4/c1-19(16-29-27(30)14-11-22-9-13-25-28(20(22)2)34-18-33-25)23-10-12-24(31-3)26(15-23)32-17-21-7-5-4-6-8-21;1-18-11-26-27(33-17-32-26)12-21(18)9-10-24-23-14-25(30-3)28(13-22(23)19(2)15-29-24)31-16-20-7-5-4-6-8-20/h4-15,19H,16-18H2,1-3H3,(H,29,30);4-14,19,24,29H,15-17H2,1-3H3/b14-11+;10-9+. The second-order valence-electron chi connectivity index (χ2n) is 16.8. The van der Waals surface area contributed by atoms with E-state index in [9.17, 15) is 4.79 Å². The Labute approximate surface area is 393 Å². The zero-order chi connectivity index (χ0) is 46.7. The Morgan fingerprint density at radius 3 is 2.04 bits per heavy atom. The van der Waals surface area contributed by atoms with Crippen LogP contribution in [0.2, 0.25) is 0 Å². The van der Waals surface area contributed by atoms with Gasteiger partial charge in [-0.15, -0.1) is 0 Å². The van der Waals surface area contributed by atoms with Crippen molar-refractivity contribution in [3.8, 4) is 46.0 Å². The Balaban J connectivity index is 0.000000182. The van der Waals surface area contributed by atoms with Crippen molar-refractivity contribution in [1.29, 1.82) is 0 Å². The first-order valence-electron chi connectivity index (χ1n) is 22.6. The average Bonchev–Trinajstić information content (AvgIpc) is 4.04. The quantitative estimate of drug-likeness (QED) is 0.0966. The van der Waals surface area contributed by atoms with Crippen molar-refractivity contribution >= 4 is 18.1 Å². The minimum absolute atomic E-state index is 0.0816. The molecule has 0 saturated carbocycles. The monoisotopic (exact) mass is 902 g/mol. The number of carbonyl (C=O) groups is 1. The summed E-state index contributed by atoms with van der Waals surface area (Å²) < 4.78 is 45.3. The van der Waals surface area contributed by atoms with Gasteiger partial charge in [0, 0.05) is 24.7 Å². The van der Waals surface area contributed by atoms with Crippen LogP contribution in [0.15, 0.2) is 127 Å². The molecule has 3 unspecified atom stereocenters. The zero-order valence-corrected chi connectivity index (χ0v) is 38.9. The molecule has 0 aliphatic carbocycles. The summed E-state index contributed by atoms with van der Waals surface area (Å²) in [7, 11) is 3.32. The van der Waals surface area contributed by atoms with E-state index in [0.29, 0.717) is 37.2 Å². The van der Waals surface area contributed by atoms with Crippen LogP contribution in [0.5, 0.6) is 46.0 Å². The molecule has 3 aliphatic rings. The third-order valence-corrected chi connectivity index (χ3v) is 12.2. The van der Waals surface area contributed by atoms with E-state index < -0.39 is 0 Å². The number of nitrogens with one attached hydrogen (secondary N) is 2. The number of aryl methyl sites for hydroxylation is 1. The molecule has 6 aromatic carbocycles. The fraction of sp³-hybridized carbons (Fsp3) is 0.268. The lowest BCUT2D eigenvalue weighted by molar-refractivity contribution is -0.116. The number of amides is 1. The highest BCUT2D eigenvalue weighted by Crippen LogP contribution is 2.41. The predicted molar refractivity (Wildman–Crippen MR) is 261 cm³/mol. The van der Waals surface area contributed by atoms with E-state index in [1.54, 1.807) is 26.4 Å².